The first-order chi connectivity index (χ1) is 18.3. The van der Waals surface area contributed by atoms with E-state index in [1.165, 1.54) is 0 Å². The number of carbonyl (C=O) groups is 2. The quantitative estimate of drug-likeness (QED) is 0.185. The molecule has 0 heterocycles. The second-order valence-electron chi connectivity index (χ2n) is 9.30. The predicted molar refractivity (Wildman–Crippen MR) is 145 cm³/mol. The van der Waals surface area contributed by atoms with Gasteiger partial charge in [-0.25, -0.2) is 4.79 Å². The summed E-state index contributed by atoms with van der Waals surface area (Å²) in [5.41, 5.74) is 6.15. The fourth-order valence-electron chi connectivity index (χ4n) is 2.93. The van der Waals surface area contributed by atoms with E-state index in [0.29, 0.717) is 58.4 Å². The average Bonchev–Trinajstić information content (AvgIpc) is 2.89. The third-order valence-electron chi connectivity index (χ3n) is 4.77. The zero-order valence-corrected chi connectivity index (χ0v) is 26.0. The molecule has 0 bridgehead atoms. The van der Waals surface area contributed by atoms with Crippen molar-refractivity contribution in [1.82, 2.24) is 5.32 Å². The molecule has 10 nitrogen and oxygen atoms in total. The largest absolute Gasteiger partial charge is 0.532 e. The molecule has 0 fully saturated rings. The summed E-state index contributed by atoms with van der Waals surface area (Å²) in [5.74, 6) is -0.143. The predicted octanol–water partition coefficient (Wildman–Crippen LogP) is 4.59. The third kappa shape index (κ3) is 18.9. The van der Waals surface area contributed by atoms with Crippen LogP contribution in [-0.4, -0.2) is 63.8 Å². The number of nitrogens with zero attached hydrogens (tertiary/aromatic N) is 1. The van der Waals surface area contributed by atoms with E-state index in [1.807, 2.05) is 63.2 Å². The van der Waals surface area contributed by atoms with Crippen LogP contribution in [0.1, 0.15) is 38.3 Å². The zero-order chi connectivity index (χ0) is 27.5. The zero-order valence-electron chi connectivity index (χ0n) is 23.1. The van der Waals surface area contributed by atoms with E-state index in [-0.39, 0.29) is 57.2 Å². The van der Waals surface area contributed by atoms with Crippen molar-refractivity contribution in [3.8, 4) is 0 Å². The van der Waals surface area contributed by atoms with E-state index >= 15 is 0 Å². The number of hydrogen-bond acceptors (Lipinski definition) is 7. The molecule has 1 radical (unpaired) electrons. The Morgan fingerprint density at radius 1 is 0.795 bits per heavy atom. The molecule has 0 aromatic heterocycles. The van der Waals surface area contributed by atoms with Crippen molar-refractivity contribution in [3.05, 3.63) is 71.2 Å². The van der Waals surface area contributed by atoms with Gasteiger partial charge in [0.25, 0.3) is 0 Å². The van der Waals surface area contributed by atoms with Crippen molar-refractivity contribution < 1.29 is 66.1 Å². The number of amides is 2. The van der Waals surface area contributed by atoms with Crippen molar-refractivity contribution in [2.75, 3.05) is 51.5 Å². The minimum atomic E-state index is -0.487. The van der Waals surface area contributed by atoms with Crippen LogP contribution in [0.15, 0.2) is 54.6 Å². The van der Waals surface area contributed by atoms with Crippen molar-refractivity contribution in [1.29, 1.82) is 0 Å². The maximum atomic E-state index is 12.1. The summed E-state index contributed by atoms with van der Waals surface area (Å²) in [4.78, 5) is 29.2. The van der Waals surface area contributed by atoms with Crippen LogP contribution in [0, 0.1) is 0 Å². The van der Waals surface area contributed by atoms with Gasteiger partial charge in [-0.05, 0) is 44.0 Å². The van der Waals surface area contributed by atoms with Crippen LogP contribution in [0.4, 0.5) is 10.5 Å². The van der Waals surface area contributed by atoms with Gasteiger partial charge in [0, 0.05) is 57.1 Å². The summed E-state index contributed by atoms with van der Waals surface area (Å²) >= 11 is 0. The summed E-state index contributed by atoms with van der Waals surface area (Å²) in [6, 6.07) is 16.7. The number of ether oxygens (including phenoxy) is 4. The first-order valence-corrected chi connectivity index (χ1v) is 12.7. The number of carbonyl (C=O) groups excluding carboxylic acids is 2. The van der Waals surface area contributed by atoms with Gasteiger partial charge in [0.2, 0.25) is 5.91 Å². The smallest absolute Gasteiger partial charge is 0.407 e. The number of anilines is 1. The van der Waals surface area contributed by atoms with Crippen molar-refractivity contribution in [2.24, 2.45) is 0 Å². The average molecular weight is 620 g/mol. The van der Waals surface area contributed by atoms with Gasteiger partial charge in [0.1, 0.15) is 6.61 Å². The van der Waals surface area contributed by atoms with Crippen molar-refractivity contribution >= 4 is 17.7 Å². The van der Waals surface area contributed by atoms with Crippen molar-refractivity contribution in [3.63, 3.8) is 0 Å². The summed E-state index contributed by atoms with van der Waals surface area (Å²) in [6.45, 7) is 9.39. The Morgan fingerprint density at radius 3 is 2.05 bits per heavy atom. The third-order valence-corrected chi connectivity index (χ3v) is 4.77. The number of alkyl carbamates (subject to hydrolysis) is 1. The molecule has 2 rings (SSSR count). The van der Waals surface area contributed by atoms with Gasteiger partial charge >= 0.3 is 6.09 Å². The number of benzene rings is 2. The molecule has 0 unspecified atom stereocenters. The van der Waals surface area contributed by atoms with E-state index < -0.39 is 6.09 Å². The van der Waals surface area contributed by atoms with Crippen LogP contribution in [0.2, 0.25) is 0 Å². The Bertz CT molecular complexity index is 925. The van der Waals surface area contributed by atoms with Gasteiger partial charge in [-0.15, -0.1) is 6.54 Å². The SMILES string of the molecule is CC(C)(C)O[N-]CCOCCOCCOCCC(=O)Nc1ccc(CNC(=O)OCc2ccccc2)cc1.[Y]. The van der Waals surface area contributed by atoms with Crippen LogP contribution in [0.5, 0.6) is 0 Å². The summed E-state index contributed by atoms with van der Waals surface area (Å²) < 4.78 is 21.5. The normalized spacial score (nSPS) is 10.9. The minimum absolute atomic E-state index is 0. The Balaban J connectivity index is 0.00000760. The second kappa shape index (κ2) is 20.9. The number of hydroxylamine groups is 1. The fourth-order valence-corrected chi connectivity index (χ4v) is 2.93. The molecule has 0 saturated carbocycles. The van der Waals surface area contributed by atoms with Gasteiger partial charge in [0.15, 0.2) is 0 Å². The first kappa shape index (κ1) is 35.1. The monoisotopic (exact) mass is 619 g/mol. The fraction of sp³-hybridized carbons (Fsp3) is 0.500. The minimum Gasteiger partial charge on any atom is -0.532 e. The summed E-state index contributed by atoms with van der Waals surface area (Å²) in [7, 11) is 0. The Hall–Kier alpha value is -1.92. The van der Waals surface area contributed by atoms with E-state index in [0.717, 1.165) is 11.1 Å². The number of hydrogen-bond donors (Lipinski definition) is 2. The molecule has 39 heavy (non-hydrogen) atoms. The van der Waals surface area contributed by atoms with Gasteiger partial charge in [-0.3, -0.25) is 4.79 Å². The maximum absolute atomic E-state index is 12.1. The summed E-state index contributed by atoms with van der Waals surface area (Å²) in [5, 5.41) is 5.53. The van der Waals surface area contributed by atoms with E-state index in [9.17, 15) is 9.59 Å². The van der Waals surface area contributed by atoms with E-state index in [1.54, 1.807) is 12.1 Å². The molecule has 11 heteroatoms. The van der Waals surface area contributed by atoms with Gasteiger partial charge < -0.3 is 39.9 Å². The molecule has 2 aromatic rings. The van der Waals surface area contributed by atoms with Gasteiger partial charge in [0.05, 0.1) is 39.5 Å². The van der Waals surface area contributed by atoms with E-state index in [2.05, 4.69) is 16.1 Å². The summed E-state index contributed by atoms with van der Waals surface area (Å²) in [6.07, 6.45) is -0.251. The number of nitrogens with one attached hydrogen (secondary N) is 2. The molecule has 2 N–H and O–H groups in total. The maximum Gasteiger partial charge on any atom is 0.407 e. The standard InChI is InChI=1S/C28H40N3O7.Y/c1-28(2,3)38-30-14-16-35-18-20-36-19-17-34-15-13-26(32)31-25-11-9-23(10-12-25)21-29-27(33)37-22-24-7-5-4-6-8-24;/h4-12H,13-22H2,1-3H3,(H,29,33)(H,31,32);/q-1;. The molecule has 2 amide bonds. The molecule has 213 valence electrons. The van der Waals surface area contributed by atoms with E-state index in [4.69, 9.17) is 23.8 Å². The molecular weight excluding hydrogens is 579 g/mol. The first-order valence-electron chi connectivity index (χ1n) is 12.7. The van der Waals surface area contributed by atoms with Gasteiger partial charge in [-0.2, -0.15) is 0 Å². The molecule has 0 saturated heterocycles. The Kier molecular flexibility index (Phi) is 18.8. The van der Waals surface area contributed by atoms with Crippen LogP contribution in [-0.2, 0) is 74.4 Å². The van der Waals surface area contributed by atoms with Crippen LogP contribution in [0.3, 0.4) is 0 Å². The van der Waals surface area contributed by atoms with Crippen LogP contribution >= 0.6 is 0 Å². The molecule has 0 aliphatic rings. The van der Waals surface area contributed by atoms with Crippen molar-refractivity contribution in [2.45, 2.75) is 45.9 Å². The molecule has 0 spiro atoms. The Morgan fingerprint density at radius 2 is 1.41 bits per heavy atom. The molecule has 0 aliphatic carbocycles. The number of rotatable bonds is 18. The van der Waals surface area contributed by atoms with Gasteiger partial charge in [-0.1, -0.05) is 42.5 Å². The topological polar surface area (TPSA) is 118 Å². The van der Waals surface area contributed by atoms with Crippen LogP contribution < -0.4 is 10.6 Å². The molecule has 0 atom stereocenters. The molecule has 0 aliphatic heterocycles. The van der Waals surface area contributed by atoms with Crippen LogP contribution in [0.25, 0.3) is 5.48 Å². The Labute approximate surface area is 256 Å². The molecule has 2 aromatic carbocycles. The molecular formula is C28H40N3O7Y-. The second-order valence-corrected chi connectivity index (χ2v) is 9.30.